The van der Waals surface area contributed by atoms with Crippen LogP contribution in [0.4, 0.5) is 11.4 Å². The maximum atomic E-state index is 10.8. The number of hydrogen-bond donors (Lipinski definition) is 1. The zero-order valence-corrected chi connectivity index (χ0v) is 10.8. The van der Waals surface area contributed by atoms with Gasteiger partial charge in [-0.15, -0.1) is 0 Å². The van der Waals surface area contributed by atoms with Crippen LogP contribution in [0, 0.1) is 10.1 Å². The van der Waals surface area contributed by atoms with E-state index in [0.29, 0.717) is 6.04 Å². The molecule has 0 spiro atoms. The van der Waals surface area contributed by atoms with Crippen LogP contribution in [0.3, 0.4) is 0 Å². The molecule has 1 aromatic rings. The van der Waals surface area contributed by atoms with Gasteiger partial charge in [-0.25, -0.2) is 0 Å². The van der Waals surface area contributed by atoms with Crippen LogP contribution in [0.15, 0.2) is 18.2 Å². The van der Waals surface area contributed by atoms with Crippen LogP contribution in [0.5, 0.6) is 0 Å². The first-order valence-electron chi connectivity index (χ1n) is 6.27. The number of nitro benzene ring substituents is 1. The molecule has 1 aliphatic rings. The average Bonchev–Trinajstić information content (AvgIpc) is 2.26. The Labute approximate surface area is 107 Å². The van der Waals surface area contributed by atoms with E-state index in [4.69, 9.17) is 0 Å². The maximum absolute atomic E-state index is 10.8. The molecule has 0 aromatic heterocycles. The predicted molar refractivity (Wildman–Crippen MR) is 71.7 cm³/mol. The predicted octanol–water partition coefficient (Wildman–Crippen LogP) is 2.62. The van der Waals surface area contributed by atoms with Crippen LogP contribution >= 0.6 is 0 Å². The number of non-ortho nitro benzene ring substituents is 1. The summed E-state index contributed by atoms with van der Waals surface area (Å²) >= 11 is 0. The van der Waals surface area contributed by atoms with E-state index in [1.54, 1.807) is 18.2 Å². The lowest BCUT2D eigenvalue weighted by Gasteiger charge is -2.35. The van der Waals surface area contributed by atoms with Crippen LogP contribution in [0.1, 0.15) is 24.8 Å². The van der Waals surface area contributed by atoms with Crippen molar-refractivity contribution < 1.29 is 4.92 Å². The molecule has 0 saturated heterocycles. The van der Waals surface area contributed by atoms with Gasteiger partial charge in [-0.05, 0) is 31.5 Å². The van der Waals surface area contributed by atoms with Crippen molar-refractivity contribution in [3.8, 4) is 0 Å². The van der Waals surface area contributed by atoms with Gasteiger partial charge in [-0.2, -0.15) is 0 Å². The molecule has 0 atom stereocenters. The molecular weight excluding hydrogens is 230 g/mol. The third-order valence-corrected chi connectivity index (χ3v) is 3.69. The second-order valence-corrected chi connectivity index (χ2v) is 4.85. The molecule has 0 bridgehead atoms. The zero-order valence-electron chi connectivity index (χ0n) is 10.8. The molecule has 0 amide bonds. The molecule has 1 N–H and O–H groups in total. The summed E-state index contributed by atoms with van der Waals surface area (Å²) in [4.78, 5) is 12.8. The Morgan fingerprint density at radius 1 is 1.50 bits per heavy atom. The topological polar surface area (TPSA) is 58.4 Å². The summed E-state index contributed by atoms with van der Waals surface area (Å²) in [5, 5.41) is 13.9. The molecule has 0 heterocycles. The van der Waals surface area contributed by atoms with Gasteiger partial charge in [0.15, 0.2) is 0 Å². The van der Waals surface area contributed by atoms with Gasteiger partial charge in [-0.1, -0.05) is 6.42 Å². The smallest absolute Gasteiger partial charge is 0.269 e. The number of rotatable bonds is 5. The van der Waals surface area contributed by atoms with Crippen molar-refractivity contribution in [2.45, 2.75) is 31.8 Å². The molecular formula is C13H19N3O2. The van der Waals surface area contributed by atoms with Crippen molar-refractivity contribution >= 4 is 11.4 Å². The molecule has 18 heavy (non-hydrogen) atoms. The van der Waals surface area contributed by atoms with E-state index >= 15 is 0 Å². The third kappa shape index (κ3) is 2.61. The fraction of sp³-hybridized carbons (Fsp3) is 0.538. The lowest BCUT2D eigenvalue weighted by molar-refractivity contribution is -0.384. The van der Waals surface area contributed by atoms with Gasteiger partial charge in [-0.3, -0.25) is 15.0 Å². The lowest BCUT2D eigenvalue weighted by Crippen LogP contribution is -2.36. The van der Waals surface area contributed by atoms with Crippen molar-refractivity contribution in [2.24, 2.45) is 0 Å². The summed E-state index contributed by atoms with van der Waals surface area (Å²) in [6.45, 7) is 0.752. The van der Waals surface area contributed by atoms with Crippen molar-refractivity contribution in [2.75, 3.05) is 19.4 Å². The molecule has 5 heteroatoms. The summed E-state index contributed by atoms with van der Waals surface area (Å²) in [6.07, 6.45) is 3.77. The number of nitrogens with one attached hydrogen (secondary N) is 1. The first-order chi connectivity index (χ1) is 8.61. The van der Waals surface area contributed by atoms with Crippen LogP contribution in [0.2, 0.25) is 0 Å². The molecule has 1 aromatic carbocycles. The van der Waals surface area contributed by atoms with Crippen molar-refractivity contribution in [1.82, 2.24) is 4.90 Å². The normalized spacial score (nSPS) is 15.5. The highest BCUT2D eigenvalue weighted by atomic mass is 16.6. The van der Waals surface area contributed by atoms with Gasteiger partial charge >= 0.3 is 0 Å². The highest BCUT2D eigenvalue weighted by Gasteiger charge is 2.23. The highest BCUT2D eigenvalue weighted by Crippen LogP contribution is 2.28. The van der Waals surface area contributed by atoms with E-state index in [-0.39, 0.29) is 10.6 Å². The van der Waals surface area contributed by atoms with Gasteiger partial charge in [0.25, 0.3) is 5.69 Å². The van der Waals surface area contributed by atoms with E-state index in [1.807, 2.05) is 7.05 Å². The van der Waals surface area contributed by atoms with Gasteiger partial charge < -0.3 is 5.32 Å². The van der Waals surface area contributed by atoms with Crippen molar-refractivity contribution in [3.63, 3.8) is 0 Å². The van der Waals surface area contributed by atoms with E-state index in [9.17, 15) is 10.1 Å². The molecule has 1 aliphatic carbocycles. The molecule has 0 aliphatic heterocycles. The Kier molecular flexibility index (Phi) is 3.81. The number of nitrogens with zero attached hydrogens (tertiary/aromatic N) is 2. The van der Waals surface area contributed by atoms with Crippen molar-refractivity contribution in [1.29, 1.82) is 0 Å². The number of hydrogen-bond acceptors (Lipinski definition) is 4. The Morgan fingerprint density at radius 2 is 2.22 bits per heavy atom. The molecule has 2 rings (SSSR count). The van der Waals surface area contributed by atoms with Crippen LogP contribution in [-0.2, 0) is 6.54 Å². The monoisotopic (exact) mass is 249 g/mol. The molecule has 1 saturated carbocycles. The Morgan fingerprint density at radius 3 is 2.72 bits per heavy atom. The Balaban J connectivity index is 2.17. The summed E-state index contributed by atoms with van der Waals surface area (Å²) in [6, 6.07) is 5.62. The molecule has 0 unspecified atom stereocenters. The van der Waals surface area contributed by atoms with E-state index < -0.39 is 0 Å². The van der Waals surface area contributed by atoms with Crippen LogP contribution < -0.4 is 5.32 Å². The first-order valence-corrected chi connectivity index (χ1v) is 6.27. The molecule has 1 fully saturated rings. The Bertz CT molecular complexity index is 444. The van der Waals surface area contributed by atoms with Gasteiger partial charge in [0.2, 0.25) is 0 Å². The fourth-order valence-electron chi connectivity index (χ4n) is 2.29. The minimum Gasteiger partial charge on any atom is -0.388 e. The molecule has 0 radical (unpaired) electrons. The summed E-state index contributed by atoms with van der Waals surface area (Å²) < 4.78 is 0. The van der Waals surface area contributed by atoms with Crippen LogP contribution in [0.25, 0.3) is 0 Å². The SMILES string of the molecule is CNc1ccc([N+](=O)[O-])cc1CN(C)C1CCC1. The summed E-state index contributed by atoms with van der Waals surface area (Å²) in [5.74, 6) is 0. The minimum atomic E-state index is -0.341. The largest absolute Gasteiger partial charge is 0.388 e. The van der Waals surface area contributed by atoms with Gasteiger partial charge in [0, 0.05) is 37.5 Å². The second-order valence-electron chi connectivity index (χ2n) is 4.85. The van der Waals surface area contributed by atoms with Gasteiger partial charge in [0.1, 0.15) is 0 Å². The standard InChI is InChI=1S/C13H19N3O2/c1-14-13-7-6-12(16(17)18)8-10(13)9-15(2)11-4-3-5-11/h6-8,11,14H,3-5,9H2,1-2H3. The summed E-state index contributed by atoms with van der Waals surface area (Å²) in [7, 11) is 3.93. The van der Waals surface area contributed by atoms with E-state index in [2.05, 4.69) is 17.3 Å². The van der Waals surface area contributed by atoms with Crippen molar-refractivity contribution in [3.05, 3.63) is 33.9 Å². The third-order valence-electron chi connectivity index (χ3n) is 3.69. The van der Waals surface area contributed by atoms with Gasteiger partial charge in [0.05, 0.1) is 4.92 Å². The average molecular weight is 249 g/mol. The first kappa shape index (κ1) is 12.8. The number of benzene rings is 1. The Hall–Kier alpha value is -1.62. The molecule has 98 valence electrons. The minimum absolute atomic E-state index is 0.158. The van der Waals surface area contributed by atoms with E-state index in [0.717, 1.165) is 17.8 Å². The lowest BCUT2D eigenvalue weighted by atomic mass is 9.91. The maximum Gasteiger partial charge on any atom is 0.269 e. The summed E-state index contributed by atoms with van der Waals surface area (Å²) in [5.41, 5.74) is 2.11. The number of anilines is 1. The highest BCUT2D eigenvalue weighted by molar-refractivity contribution is 5.55. The second kappa shape index (κ2) is 5.35. The zero-order chi connectivity index (χ0) is 13.1. The quantitative estimate of drug-likeness (QED) is 0.643. The molecule has 5 nitrogen and oxygen atoms in total. The fourth-order valence-corrected chi connectivity index (χ4v) is 2.29. The van der Waals surface area contributed by atoms with Crippen LogP contribution in [-0.4, -0.2) is 30.0 Å². The number of nitro groups is 1. The van der Waals surface area contributed by atoms with E-state index in [1.165, 1.54) is 19.3 Å².